The van der Waals surface area contributed by atoms with Gasteiger partial charge in [0.25, 0.3) is 0 Å². The Hall–Kier alpha value is -3.82. The molecule has 3 heterocycles. The molecule has 1 fully saturated rings. The molecule has 0 aliphatic carbocycles. The number of aromatic nitrogens is 1. The minimum absolute atomic E-state index is 0.211. The van der Waals surface area contributed by atoms with Gasteiger partial charge in [-0.2, -0.15) is 0 Å². The molecule has 2 aliphatic rings. The average molecular weight is 586 g/mol. The summed E-state index contributed by atoms with van der Waals surface area (Å²) in [5.41, 5.74) is 6.13. The Balaban J connectivity index is 1.51. The van der Waals surface area contributed by atoms with Gasteiger partial charge in [0.15, 0.2) is 9.84 Å². The van der Waals surface area contributed by atoms with Crippen LogP contribution in [0.3, 0.4) is 0 Å². The molecule has 220 valence electrons. The molecule has 2 aliphatic heterocycles. The Morgan fingerprint density at radius 1 is 1.14 bits per heavy atom. The lowest BCUT2D eigenvalue weighted by molar-refractivity contribution is -0.109. The monoisotopic (exact) mass is 585 g/mol. The molecule has 2 aromatic carbocycles. The van der Waals surface area contributed by atoms with E-state index in [-0.39, 0.29) is 4.90 Å². The van der Waals surface area contributed by atoms with Crippen LogP contribution in [-0.2, 0) is 21.1 Å². The number of nitrogens with one attached hydrogen (secondary N) is 3. The number of hydrogen-bond donors (Lipinski definition) is 3. The van der Waals surface area contributed by atoms with E-state index in [1.165, 1.54) is 11.8 Å². The lowest BCUT2D eigenvalue weighted by Crippen LogP contribution is -2.29. The Morgan fingerprint density at radius 2 is 1.88 bits per heavy atom. The predicted molar refractivity (Wildman–Crippen MR) is 169 cm³/mol. The van der Waals surface area contributed by atoms with Crippen molar-refractivity contribution in [3.63, 3.8) is 0 Å². The minimum Gasteiger partial charge on any atom is -0.378 e. The molecule has 9 heteroatoms. The summed E-state index contributed by atoms with van der Waals surface area (Å²) in [6, 6.07) is 15.1. The van der Waals surface area contributed by atoms with Crippen molar-refractivity contribution in [1.29, 1.82) is 5.41 Å². The maximum Gasteiger partial charge on any atom is 0.175 e. The number of fused-ring (bicyclic) bond motifs is 1. The minimum atomic E-state index is -3.54. The molecule has 3 aromatic rings. The molecule has 3 N–H and O–H groups in total. The molecule has 5 rings (SSSR count). The van der Waals surface area contributed by atoms with Crippen LogP contribution in [0.15, 0.2) is 59.6 Å². The highest BCUT2D eigenvalue weighted by Crippen LogP contribution is 2.36. The van der Waals surface area contributed by atoms with Crippen molar-refractivity contribution < 1.29 is 13.2 Å². The Bertz CT molecular complexity index is 1610. The second kappa shape index (κ2) is 12.6. The molecular formula is C33H39N5O3S. The van der Waals surface area contributed by atoms with Crippen molar-refractivity contribution in [2.24, 2.45) is 0 Å². The highest BCUT2D eigenvalue weighted by molar-refractivity contribution is 7.90. The fraction of sp³-hybridized carbons (Fsp3) is 0.364. The van der Waals surface area contributed by atoms with E-state index in [0.29, 0.717) is 47.1 Å². The zero-order valence-corrected chi connectivity index (χ0v) is 25.3. The first kappa shape index (κ1) is 29.7. The van der Waals surface area contributed by atoms with E-state index < -0.39 is 15.9 Å². The van der Waals surface area contributed by atoms with E-state index in [0.717, 1.165) is 55.5 Å². The van der Waals surface area contributed by atoms with Crippen LogP contribution < -0.4 is 10.6 Å². The quantitative estimate of drug-likeness (QED) is 0.201. The first-order valence-corrected chi connectivity index (χ1v) is 16.4. The molecule has 0 spiro atoms. The van der Waals surface area contributed by atoms with Crippen LogP contribution in [-0.4, -0.2) is 56.7 Å². The molecule has 0 bridgehead atoms. The second-order valence-corrected chi connectivity index (χ2v) is 13.4. The summed E-state index contributed by atoms with van der Waals surface area (Å²) >= 11 is 0. The molecule has 8 nitrogen and oxygen atoms in total. The molecule has 1 atom stereocenters. The molecule has 42 heavy (non-hydrogen) atoms. The van der Waals surface area contributed by atoms with E-state index in [1.54, 1.807) is 18.3 Å². The zero-order valence-electron chi connectivity index (χ0n) is 24.5. The molecule has 1 unspecified atom stereocenters. The summed E-state index contributed by atoms with van der Waals surface area (Å²) < 4.78 is 25.6. The van der Waals surface area contributed by atoms with Crippen LogP contribution >= 0.6 is 0 Å². The van der Waals surface area contributed by atoms with Crippen molar-refractivity contribution >= 4 is 39.4 Å². The largest absolute Gasteiger partial charge is 0.378 e. The lowest BCUT2D eigenvalue weighted by atomic mass is 9.89. The lowest BCUT2D eigenvalue weighted by Gasteiger charge is -2.29. The molecule has 0 radical (unpaired) electrons. The first-order valence-electron chi connectivity index (χ1n) is 14.5. The Kier molecular flexibility index (Phi) is 8.89. The maximum absolute atomic E-state index is 12.8. The fourth-order valence-electron chi connectivity index (χ4n) is 5.86. The van der Waals surface area contributed by atoms with Crippen LogP contribution in [0.25, 0.3) is 17.3 Å². The zero-order chi connectivity index (χ0) is 29.9. The number of hydrogen-bond acceptors (Lipinski definition) is 8. The summed E-state index contributed by atoms with van der Waals surface area (Å²) in [6.45, 7) is 4.21. The Labute approximate surface area is 248 Å². The van der Waals surface area contributed by atoms with Gasteiger partial charge < -0.3 is 25.7 Å². The maximum atomic E-state index is 12.8. The number of anilines is 2. The number of sulfone groups is 1. The summed E-state index contributed by atoms with van der Waals surface area (Å²) in [6.07, 6.45) is 9.76. The van der Waals surface area contributed by atoms with E-state index in [4.69, 9.17) is 10.4 Å². The number of pyridine rings is 1. The van der Waals surface area contributed by atoms with E-state index in [2.05, 4.69) is 46.8 Å². The van der Waals surface area contributed by atoms with Gasteiger partial charge in [-0.15, -0.1) is 0 Å². The van der Waals surface area contributed by atoms with Crippen molar-refractivity contribution in [2.75, 3.05) is 31.7 Å². The molecule has 1 aromatic heterocycles. The molecule has 1 saturated heterocycles. The first-order chi connectivity index (χ1) is 20.2. The van der Waals surface area contributed by atoms with Crippen molar-refractivity contribution in [3.05, 3.63) is 77.0 Å². The van der Waals surface area contributed by atoms with E-state index in [9.17, 15) is 13.2 Å². The highest BCUT2D eigenvalue weighted by Gasteiger charge is 2.24. The van der Waals surface area contributed by atoms with Gasteiger partial charge in [0.1, 0.15) is 18.1 Å². The van der Waals surface area contributed by atoms with Crippen LogP contribution in [0.4, 0.5) is 11.5 Å². The number of nitrogens with zero attached hydrogens (tertiary/aromatic N) is 2. The van der Waals surface area contributed by atoms with Gasteiger partial charge in [0, 0.05) is 35.2 Å². The Morgan fingerprint density at radius 3 is 2.55 bits per heavy atom. The highest BCUT2D eigenvalue weighted by atomic mass is 32.2. The number of carbonyl (C=O) groups excluding carboxylic acids is 1. The van der Waals surface area contributed by atoms with Crippen molar-refractivity contribution in [1.82, 2.24) is 15.2 Å². The number of aldehydes is 1. The molecule has 0 amide bonds. The normalized spacial score (nSPS) is 17.4. The third-order valence-corrected chi connectivity index (χ3v) is 9.34. The SMILES string of the molecule is CCCC(=N)Cc1ccc(-c2cc3c(c(Nc4ccc(C5CCN(C)CC5)cc4)n2)C(C=O)NC=C3)cc1S(C)(=O)=O. The molecular weight excluding hydrogens is 546 g/mol. The topological polar surface area (TPSA) is 115 Å². The van der Waals surface area contributed by atoms with E-state index in [1.807, 2.05) is 25.1 Å². The van der Waals surface area contributed by atoms with Gasteiger partial charge in [-0.3, -0.25) is 0 Å². The van der Waals surface area contributed by atoms with E-state index >= 15 is 0 Å². The number of carbonyl (C=O) groups is 1. The number of rotatable bonds is 10. The van der Waals surface area contributed by atoms with Gasteiger partial charge in [-0.05, 0) is 98.5 Å². The molecule has 0 saturated carbocycles. The van der Waals surface area contributed by atoms with Gasteiger partial charge in [-0.1, -0.05) is 37.6 Å². The summed E-state index contributed by atoms with van der Waals surface area (Å²) in [5.74, 6) is 1.09. The number of piperidine rings is 1. The fourth-order valence-corrected chi connectivity index (χ4v) is 6.81. The van der Waals surface area contributed by atoms with Crippen molar-refractivity contribution in [3.8, 4) is 11.3 Å². The third kappa shape index (κ3) is 6.63. The van der Waals surface area contributed by atoms with Crippen LogP contribution in [0, 0.1) is 5.41 Å². The summed E-state index contributed by atoms with van der Waals surface area (Å²) in [7, 11) is -1.38. The van der Waals surface area contributed by atoms with Gasteiger partial charge >= 0.3 is 0 Å². The third-order valence-electron chi connectivity index (χ3n) is 8.16. The summed E-state index contributed by atoms with van der Waals surface area (Å²) in [5, 5.41) is 14.8. The van der Waals surface area contributed by atoms with Crippen LogP contribution in [0.2, 0.25) is 0 Å². The number of likely N-dealkylation sites (tertiary alicyclic amines) is 1. The predicted octanol–water partition coefficient (Wildman–Crippen LogP) is 5.88. The van der Waals surface area contributed by atoms with Gasteiger partial charge in [-0.25, -0.2) is 13.4 Å². The van der Waals surface area contributed by atoms with Crippen LogP contribution in [0.1, 0.15) is 66.8 Å². The smallest absolute Gasteiger partial charge is 0.175 e. The van der Waals surface area contributed by atoms with Crippen molar-refractivity contribution in [2.45, 2.75) is 55.9 Å². The number of benzene rings is 2. The second-order valence-electron chi connectivity index (χ2n) is 11.4. The van der Waals surface area contributed by atoms with Crippen LogP contribution in [0.5, 0.6) is 0 Å². The van der Waals surface area contributed by atoms with Gasteiger partial charge in [0.2, 0.25) is 0 Å². The summed E-state index contributed by atoms with van der Waals surface area (Å²) in [4.78, 5) is 19.5. The van der Waals surface area contributed by atoms with Gasteiger partial charge in [0.05, 0.1) is 10.6 Å². The standard InChI is InChI=1S/C33H39N5O3S/c1-4-5-27(34)18-25-7-6-24(20-31(25)42(3,40)41)29-19-26-12-15-35-30(21-39)32(26)33(37-29)36-28-10-8-22(9-11-28)23-13-16-38(2)17-14-23/h6-12,15,19-21,23,30,34-35H,4-5,13-14,16-18H2,1-3H3,(H,36,37). The average Bonchev–Trinajstić information content (AvgIpc) is 2.97.